The van der Waals surface area contributed by atoms with E-state index in [1.807, 2.05) is 0 Å². The fourth-order valence-corrected chi connectivity index (χ4v) is 4.72. The van der Waals surface area contributed by atoms with Gasteiger partial charge in [0.1, 0.15) is 17.0 Å². The van der Waals surface area contributed by atoms with E-state index in [1.54, 1.807) is 18.2 Å². The molecule has 10 nitrogen and oxygen atoms in total. The number of anilines is 2. The predicted octanol–water partition coefficient (Wildman–Crippen LogP) is 3.81. The van der Waals surface area contributed by atoms with Crippen molar-refractivity contribution in [1.82, 2.24) is 4.98 Å². The molecular weight excluding hydrogens is 595 g/mol. The van der Waals surface area contributed by atoms with Crippen LogP contribution in [-0.2, 0) is 14.4 Å². The number of aromatic nitrogens is 1. The number of rotatable bonds is 14. The molecule has 0 radical (unpaired) electrons. The third-order valence-electron chi connectivity index (χ3n) is 7.41. The van der Waals surface area contributed by atoms with E-state index in [0.717, 1.165) is 6.07 Å². The van der Waals surface area contributed by atoms with Crippen molar-refractivity contribution in [3.05, 3.63) is 78.5 Å². The Hall–Kier alpha value is -4.66. The van der Waals surface area contributed by atoms with Crippen molar-refractivity contribution < 1.29 is 62.8 Å². The van der Waals surface area contributed by atoms with Gasteiger partial charge in [-0.05, 0) is 80.6 Å². The Labute approximate surface area is 277 Å². The number of carboxylic acid groups (broad SMARTS) is 1. The maximum absolute atomic E-state index is 15.2. The van der Waals surface area contributed by atoms with E-state index in [1.165, 1.54) is 49.7 Å². The quantitative estimate of drug-likeness (QED) is 0.109. The number of carboxylic acids is 1. The second-order valence-corrected chi connectivity index (χ2v) is 10.6. The van der Waals surface area contributed by atoms with Gasteiger partial charge in [-0.1, -0.05) is 0 Å². The zero-order valence-electron chi connectivity index (χ0n) is 26.4. The van der Waals surface area contributed by atoms with Gasteiger partial charge in [0.25, 0.3) is 0 Å². The molecule has 0 aliphatic heterocycles. The number of aliphatic carboxylic acids is 1. The minimum absolute atomic E-state index is 0. The molecule has 4 aromatic rings. The molecule has 1 aliphatic rings. The Kier molecular flexibility index (Phi) is 11.2. The Morgan fingerprint density at radius 2 is 1.57 bits per heavy atom. The number of nitrogens with zero attached hydrogens (tertiary/aromatic N) is 1. The largest absolute Gasteiger partial charge is 1.00 e. The molecule has 0 spiro atoms. The number of pyridine rings is 1. The number of benzene rings is 3. The summed E-state index contributed by atoms with van der Waals surface area (Å²) in [6, 6.07) is 14.1. The second-order valence-electron chi connectivity index (χ2n) is 10.6. The third-order valence-corrected chi connectivity index (χ3v) is 7.41. The van der Waals surface area contributed by atoms with Gasteiger partial charge in [0.05, 0.1) is 19.2 Å². The van der Waals surface area contributed by atoms with Crippen LogP contribution in [0.3, 0.4) is 0 Å². The number of nitrogens with one attached hydrogen (secondary N) is 2. The van der Waals surface area contributed by atoms with Gasteiger partial charge in [-0.2, -0.15) is 0 Å². The van der Waals surface area contributed by atoms with E-state index in [2.05, 4.69) is 15.6 Å². The summed E-state index contributed by atoms with van der Waals surface area (Å²) in [6.07, 6.45) is 4.23. The first-order valence-corrected chi connectivity index (χ1v) is 14.4. The van der Waals surface area contributed by atoms with Crippen LogP contribution in [0.15, 0.2) is 66.9 Å². The molecule has 46 heavy (non-hydrogen) atoms. The molecule has 0 bridgehead atoms. The SMILES string of the molecule is COc1cc2c(Oc3ccc(NC(=O)C4(C(=O)Nc5ccc(F)cc5)CC4)cc3F)ccnc2cc1OCCCCCC(=O)O.[H-].[Li+]. The summed E-state index contributed by atoms with van der Waals surface area (Å²) < 4.78 is 45.6. The molecule has 0 atom stereocenters. The number of unbranched alkanes of at least 4 members (excludes halogenated alkanes) is 2. The smallest absolute Gasteiger partial charge is 1.00 e. The van der Waals surface area contributed by atoms with E-state index < -0.39 is 34.8 Å². The number of methoxy groups -OCH3 is 1. The fraction of sp³-hybridized carbons (Fsp3) is 0.273. The molecule has 1 heterocycles. The summed E-state index contributed by atoms with van der Waals surface area (Å²) >= 11 is 0. The number of amides is 2. The average molecular weight is 628 g/mol. The van der Waals surface area contributed by atoms with Crippen molar-refractivity contribution in [2.24, 2.45) is 5.41 Å². The van der Waals surface area contributed by atoms with Crippen LogP contribution < -0.4 is 43.7 Å². The summed E-state index contributed by atoms with van der Waals surface area (Å²) in [4.78, 5) is 40.9. The van der Waals surface area contributed by atoms with Crippen LogP contribution in [0.1, 0.15) is 40.0 Å². The molecule has 2 amide bonds. The molecule has 3 aromatic carbocycles. The number of ether oxygens (including phenoxy) is 3. The van der Waals surface area contributed by atoms with Gasteiger partial charge in [0.15, 0.2) is 23.1 Å². The van der Waals surface area contributed by atoms with Gasteiger partial charge in [-0.25, -0.2) is 8.78 Å². The molecule has 0 saturated heterocycles. The predicted molar refractivity (Wildman–Crippen MR) is 163 cm³/mol. The van der Waals surface area contributed by atoms with Crippen LogP contribution in [0.5, 0.6) is 23.0 Å². The molecule has 1 aliphatic carbocycles. The third kappa shape index (κ3) is 8.13. The maximum atomic E-state index is 15.2. The van der Waals surface area contributed by atoms with Crippen molar-refractivity contribution in [3.8, 4) is 23.0 Å². The zero-order valence-corrected chi connectivity index (χ0v) is 25.4. The fourth-order valence-electron chi connectivity index (χ4n) is 4.72. The normalized spacial score (nSPS) is 12.8. The molecule has 3 N–H and O–H groups in total. The number of carbonyl (C=O) groups excluding carboxylic acids is 2. The van der Waals surface area contributed by atoms with Crippen LogP contribution in [0.4, 0.5) is 20.2 Å². The number of hydrogen-bond donors (Lipinski definition) is 3. The van der Waals surface area contributed by atoms with Crippen LogP contribution in [0.2, 0.25) is 0 Å². The van der Waals surface area contributed by atoms with Gasteiger partial charge in [0, 0.05) is 41.5 Å². The molecule has 5 rings (SSSR count). The van der Waals surface area contributed by atoms with E-state index in [4.69, 9.17) is 19.3 Å². The summed E-state index contributed by atoms with van der Waals surface area (Å²) in [7, 11) is 1.49. The average Bonchev–Trinajstić information content (AvgIpc) is 3.83. The van der Waals surface area contributed by atoms with E-state index in [0.29, 0.717) is 72.5 Å². The summed E-state index contributed by atoms with van der Waals surface area (Å²) in [5, 5.41) is 14.6. The molecule has 236 valence electrons. The molecule has 1 fully saturated rings. The topological polar surface area (TPSA) is 136 Å². The Bertz CT molecular complexity index is 1740. The van der Waals surface area contributed by atoms with E-state index >= 15 is 4.39 Å². The molecular formula is C33H32F2LiN3O7. The second kappa shape index (κ2) is 15.1. The Morgan fingerprint density at radius 3 is 2.22 bits per heavy atom. The van der Waals surface area contributed by atoms with Crippen molar-refractivity contribution in [1.29, 1.82) is 0 Å². The summed E-state index contributed by atoms with van der Waals surface area (Å²) in [5.41, 5.74) is -0.260. The van der Waals surface area contributed by atoms with Crippen LogP contribution >= 0.6 is 0 Å². The van der Waals surface area contributed by atoms with Gasteiger partial charge >= 0.3 is 24.8 Å². The van der Waals surface area contributed by atoms with Crippen molar-refractivity contribution in [2.45, 2.75) is 38.5 Å². The monoisotopic (exact) mass is 627 g/mol. The first-order chi connectivity index (χ1) is 21.7. The first-order valence-electron chi connectivity index (χ1n) is 14.4. The summed E-state index contributed by atoms with van der Waals surface area (Å²) in [6.45, 7) is 0.367. The number of hydrogen-bond acceptors (Lipinski definition) is 7. The van der Waals surface area contributed by atoms with Crippen molar-refractivity contribution in [3.63, 3.8) is 0 Å². The zero-order chi connectivity index (χ0) is 32.0. The van der Waals surface area contributed by atoms with E-state index in [9.17, 15) is 18.8 Å². The van der Waals surface area contributed by atoms with Crippen LogP contribution in [0, 0.1) is 17.0 Å². The van der Waals surface area contributed by atoms with Crippen LogP contribution in [-0.4, -0.2) is 41.6 Å². The van der Waals surface area contributed by atoms with Gasteiger partial charge in [-0.15, -0.1) is 0 Å². The minimum atomic E-state index is -1.29. The molecule has 1 saturated carbocycles. The van der Waals surface area contributed by atoms with Gasteiger partial charge < -0.3 is 31.4 Å². The first kappa shape index (κ1) is 34.2. The molecule has 0 unspecified atom stereocenters. The molecule has 1 aromatic heterocycles. The van der Waals surface area contributed by atoms with Crippen molar-refractivity contribution in [2.75, 3.05) is 24.4 Å². The molecule has 13 heteroatoms. The standard InChI is InChI=1S/C33H31F2N3O7.Li.H/c1-43-28-18-23-25(19-29(28)44-16-4-2-3-5-30(39)40)36-15-12-26(23)45-27-11-10-22(17-24(27)35)38-32(42)33(13-14-33)31(41)37-21-8-6-20(34)7-9-21;;/h6-12,15,17-19H,2-5,13-14,16H2,1H3,(H,37,41)(H,38,42)(H,39,40);;/q;+1;-1. The van der Waals surface area contributed by atoms with Crippen LogP contribution in [0.25, 0.3) is 10.9 Å². The van der Waals surface area contributed by atoms with Gasteiger partial charge in [-0.3, -0.25) is 19.4 Å². The Morgan fingerprint density at radius 1 is 0.870 bits per heavy atom. The number of carbonyl (C=O) groups is 3. The number of halogens is 2. The summed E-state index contributed by atoms with van der Waals surface area (Å²) in [5.74, 6) is -2.02. The minimum Gasteiger partial charge on any atom is -1.00 e. The number of fused-ring (bicyclic) bond motifs is 1. The van der Waals surface area contributed by atoms with Gasteiger partial charge in [0.2, 0.25) is 11.8 Å². The Balaban J connectivity index is 0.00000300. The van der Waals surface area contributed by atoms with Crippen molar-refractivity contribution >= 4 is 40.1 Å². The maximum Gasteiger partial charge on any atom is 1.00 e. The van der Waals surface area contributed by atoms with E-state index in [-0.39, 0.29) is 38.1 Å².